The Kier molecular flexibility index (Phi) is 7.02. The molecule has 1 aromatic carbocycles. The second kappa shape index (κ2) is 9.02. The van der Waals surface area contributed by atoms with Crippen LogP contribution in [0.2, 0.25) is 0 Å². The van der Waals surface area contributed by atoms with Gasteiger partial charge >= 0.3 is 6.03 Å². The van der Waals surface area contributed by atoms with E-state index in [1.807, 2.05) is 0 Å². The van der Waals surface area contributed by atoms with Crippen molar-refractivity contribution in [1.29, 1.82) is 0 Å². The van der Waals surface area contributed by atoms with Gasteiger partial charge in [-0.25, -0.2) is 13.2 Å². The van der Waals surface area contributed by atoms with Gasteiger partial charge in [-0.1, -0.05) is 19.3 Å². The summed E-state index contributed by atoms with van der Waals surface area (Å²) in [6, 6.07) is 6.32. The summed E-state index contributed by atoms with van der Waals surface area (Å²) in [5.41, 5.74) is 0.985. The number of rotatable bonds is 7. The zero-order valence-electron chi connectivity index (χ0n) is 15.3. The summed E-state index contributed by atoms with van der Waals surface area (Å²) >= 11 is 0. The van der Waals surface area contributed by atoms with Gasteiger partial charge in [-0.2, -0.15) is 0 Å². The van der Waals surface area contributed by atoms with Crippen LogP contribution >= 0.6 is 0 Å². The fourth-order valence-electron chi connectivity index (χ4n) is 3.10. The first-order chi connectivity index (χ1) is 12.3. The molecule has 0 radical (unpaired) electrons. The highest BCUT2D eigenvalue weighted by molar-refractivity contribution is 7.92. The zero-order chi connectivity index (χ0) is 19.2. The number of carbonyl (C=O) groups excluding carboxylic acids is 2. The molecule has 0 saturated heterocycles. The monoisotopic (exact) mass is 381 g/mol. The van der Waals surface area contributed by atoms with E-state index in [0.717, 1.165) is 31.9 Å². The van der Waals surface area contributed by atoms with Crippen LogP contribution in [0.1, 0.15) is 49.4 Å². The summed E-state index contributed by atoms with van der Waals surface area (Å²) in [6.07, 6.45) is 6.57. The van der Waals surface area contributed by atoms with E-state index in [1.54, 1.807) is 24.3 Å². The molecule has 2 N–H and O–H groups in total. The summed E-state index contributed by atoms with van der Waals surface area (Å²) in [4.78, 5) is 23.3. The average Bonchev–Trinajstić information content (AvgIpc) is 2.58. The van der Waals surface area contributed by atoms with Crippen LogP contribution in [0, 0.1) is 0 Å². The molecular formula is C18H27N3O4S. The summed E-state index contributed by atoms with van der Waals surface area (Å²) < 4.78 is 25.4. The van der Waals surface area contributed by atoms with Gasteiger partial charge in [-0.3, -0.25) is 9.10 Å². The number of carbonyl (C=O) groups is 2. The molecule has 2 rings (SSSR count). The van der Waals surface area contributed by atoms with Crippen LogP contribution in [-0.2, 0) is 10.0 Å². The second-order valence-corrected chi connectivity index (χ2v) is 8.58. The molecule has 1 saturated carbocycles. The second-order valence-electron chi connectivity index (χ2n) is 6.67. The molecule has 1 aromatic rings. The topological polar surface area (TPSA) is 95.6 Å². The molecule has 0 bridgehead atoms. The molecule has 8 heteroatoms. The molecule has 1 fully saturated rings. The molecule has 26 heavy (non-hydrogen) atoms. The van der Waals surface area contributed by atoms with Crippen molar-refractivity contribution in [3.05, 3.63) is 29.8 Å². The highest BCUT2D eigenvalue weighted by Crippen LogP contribution is 2.19. The van der Waals surface area contributed by atoms with Crippen molar-refractivity contribution < 1.29 is 18.0 Å². The van der Waals surface area contributed by atoms with Crippen molar-refractivity contribution in [2.75, 3.05) is 23.7 Å². The summed E-state index contributed by atoms with van der Waals surface area (Å²) in [5, 5.41) is 5.66. The van der Waals surface area contributed by atoms with Gasteiger partial charge in [0, 0.05) is 18.2 Å². The maximum atomic E-state index is 12.1. The van der Waals surface area contributed by atoms with Crippen LogP contribution in [0.25, 0.3) is 0 Å². The molecule has 0 unspecified atom stereocenters. The fourth-order valence-corrected chi connectivity index (χ4v) is 4.03. The number of Topliss-reactive ketones (excluding diaryl/α,β-unsaturated/α-hetero) is 1. The van der Waals surface area contributed by atoms with Gasteiger partial charge in [0.05, 0.1) is 18.5 Å². The number of sulfonamides is 1. The van der Waals surface area contributed by atoms with Crippen LogP contribution in [0.5, 0.6) is 0 Å². The van der Waals surface area contributed by atoms with E-state index >= 15 is 0 Å². The third kappa shape index (κ3) is 6.01. The normalized spacial score (nSPS) is 15.3. The van der Waals surface area contributed by atoms with Gasteiger partial charge in [0.2, 0.25) is 10.0 Å². The Morgan fingerprint density at radius 3 is 2.27 bits per heavy atom. The molecule has 0 spiro atoms. The minimum Gasteiger partial charge on any atom is -0.336 e. The Hall–Kier alpha value is -2.09. The lowest BCUT2D eigenvalue weighted by Crippen LogP contribution is -2.45. The van der Waals surface area contributed by atoms with Crippen molar-refractivity contribution in [3.8, 4) is 0 Å². The third-order valence-corrected chi connectivity index (χ3v) is 5.70. The van der Waals surface area contributed by atoms with Crippen LogP contribution in [-0.4, -0.2) is 45.6 Å². The molecule has 1 aliphatic rings. The number of ketones is 1. The SMILES string of the molecule is CC(=O)c1ccc(N(CCNC(=O)NC2CCCCC2)S(C)(=O)=O)cc1. The Morgan fingerprint density at radius 1 is 1.12 bits per heavy atom. The van der Waals surface area contributed by atoms with Crippen molar-refractivity contribution in [2.45, 2.75) is 45.1 Å². The summed E-state index contributed by atoms with van der Waals surface area (Å²) in [6.45, 7) is 1.77. The maximum absolute atomic E-state index is 12.1. The first kappa shape index (κ1) is 20.2. The summed E-state index contributed by atoms with van der Waals surface area (Å²) in [7, 11) is -3.50. The zero-order valence-corrected chi connectivity index (χ0v) is 16.1. The van der Waals surface area contributed by atoms with E-state index in [-0.39, 0.29) is 30.9 Å². The van der Waals surface area contributed by atoms with Gasteiger partial charge in [0.1, 0.15) is 0 Å². The molecule has 1 aliphatic carbocycles. The molecular weight excluding hydrogens is 354 g/mol. The average molecular weight is 381 g/mol. The molecule has 0 atom stereocenters. The number of nitrogens with one attached hydrogen (secondary N) is 2. The number of anilines is 1. The molecule has 0 heterocycles. The lowest BCUT2D eigenvalue weighted by atomic mass is 9.96. The van der Waals surface area contributed by atoms with Gasteiger partial charge in [0.15, 0.2) is 5.78 Å². The van der Waals surface area contributed by atoms with Gasteiger partial charge in [-0.15, -0.1) is 0 Å². The minimum absolute atomic E-state index is 0.0801. The van der Waals surface area contributed by atoms with E-state index in [0.29, 0.717) is 11.3 Å². The molecule has 2 amide bonds. The van der Waals surface area contributed by atoms with Gasteiger partial charge in [0.25, 0.3) is 0 Å². The molecule has 7 nitrogen and oxygen atoms in total. The number of urea groups is 1. The van der Waals surface area contributed by atoms with Gasteiger partial charge < -0.3 is 10.6 Å². The Balaban J connectivity index is 1.91. The third-order valence-electron chi connectivity index (χ3n) is 4.50. The van der Waals surface area contributed by atoms with E-state index < -0.39 is 10.0 Å². The van der Waals surface area contributed by atoms with E-state index in [9.17, 15) is 18.0 Å². The van der Waals surface area contributed by atoms with Crippen molar-refractivity contribution >= 4 is 27.5 Å². The minimum atomic E-state index is -3.50. The number of nitrogens with zero attached hydrogens (tertiary/aromatic N) is 1. The van der Waals surface area contributed by atoms with Crippen LogP contribution in [0.4, 0.5) is 10.5 Å². The highest BCUT2D eigenvalue weighted by Gasteiger charge is 2.19. The largest absolute Gasteiger partial charge is 0.336 e. The number of benzene rings is 1. The fraction of sp³-hybridized carbons (Fsp3) is 0.556. The first-order valence-electron chi connectivity index (χ1n) is 8.90. The highest BCUT2D eigenvalue weighted by atomic mass is 32.2. The van der Waals surface area contributed by atoms with E-state index in [1.165, 1.54) is 17.6 Å². The van der Waals surface area contributed by atoms with Crippen molar-refractivity contribution in [3.63, 3.8) is 0 Å². The Morgan fingerprint density at radius 2 is 1.73 bits per heavy atom. The molecule has 0 aliphatic heterocycles. The van der Waals surface area contributed by atoms with Crippen LogP contribution in [0.15, 0.2) is 24.3 Å². The van der Waals surface area contributed by atoms with Crippen molar-refractivity contribution in [1.82, 2.24) is 10.6 Å². The number of hydrogen-bond donors (Lipinski definition) is 2. The lowest BCUT2D eigenvalue weighted by Gasteiger charge is -2.24. The van der Waals surface area contributed by atoms with Crippen molar-refractivity contribution in [2.24, 2.45) is 0 Å². The Labute approximate surface area is 155 Å². The lowest BCUT2D eigenvalue weighted by molar-refractivity contribution is 0.101. The quantitative estimate of drug-likeness (QED) is 0.708. The molecule has 144 valence electrons. The number of hydrogen-bond acceptors (Lipinski definition) is 4. The van der Waals surface area contributed by atoms with Crippen LogP contribution < -0.4 is 14.9 Å². The van der Waals surface area contributed by atoms with Crippen LogP contribution in [0.3, 0.4) is 0 Å². The Bertz CT molecular complexity index is 725. The van der Waals surface area contributed by atoms with E-state index in [2.05, 4.69) is 10.6 Å². The number of amides is 2. The molecule has 0 aromatic heterocycles. The summed E-state index contributed by atoms with van der Waals surface area (Å²) in [5.74, 6) is -0.0801. The maximum Gasteiger partial charge on any atom is 0.315 e. The predicted molar refractivity (Wildman–Crippen MR) is 102 cm³/mol. The smallest absolute Gasteiger partial charge is 0.315 e. The predicted octanol–water partition coefficient (Wildman–Crippen LogP) is 2.29. The van der Waals surface area contributed by atoms with E-state index in [4.69, 9.17) is 0 Å². The first-order valence-corrected chi connectivity index (χ1v) is 10.8. The standard InChI is InChI=1S/C18H27N3O4S/c1-14(22)15-8-10-17(11-9-15)21(26(2,24)25)13-12-19-18(23)20-16-6-4-3-5-7-16/h8-11,16H,3-7,12-13H2,1-2H3,(H2,19,20,23). The van der Waals surface area contributed by atoms with Gasteiger partial charge in [-0.05, 0) is 44.0 Å².